The smallest absolute Gasteiger partial charge is 0.393 e. The molecular formula is C33H48F6O4. The Bertz CT molecular complexity index is 1080. The first-order chi connectivity index (χ1) is 19.5. The lowest BCUT2D eigenvalue weighted by atomic mass is 9.55. The van der Waals surface area contributed by atoms with Crippen LogP contribution in [0, 0.1) is 22.7 Å². The molecule has 0 aromatic rings. The van der Waals surface area contributed by atoms with Gasteiger partial charge in [0.1, 0.15) is 0 Å². The molecule has 2 unspecified atom stereocenters. The van der Waals surface area contributed by atoms with Gasteiger partial charge in [-0.1, -0.05) is 50.6 Å². The van der Waals surface area contributed by atoms with Crippen molar-refractivity contribution in [1.29, 1.82) is 0 Å². The molecule has 0 amide bonds. The van der Waals surface area contributed by atoms with Crippen molar-refractivity contribution in [3.8, 4) is 0 Å². The van der Waals surface area contributed by atoms with Gasteiger partial charge < -0.3 is 20.4 Å². The molecule has 3 fully saturated rings. The first-order valence-electron chi connectivity index (χ1n) is 15.2. The zero-order chi connectivity index (χ0) is 32.6. The molecule has 4 nitrogen and oxygen atoms in total. The second kappa shape index (κ2) is 12.6. The van der Waals surface area contributed by atoms with Crippen LogP contribution in [0.3, 0.4) is 0 Å². The van der Waals surface area contributed by atoms with Gasteiger partial charge in [-0.25, -0.2) is 0 Å². The van der Waals surface area contributed by atoms with Crippen molar-refractivity contribution in [2.75, 3.05) is 0 Å². The van der Waals surface area contributed by atoms with Gasteiger partial charge in [-0.15, -0.1) is 0 Å². The van der Waals surface area contributed by atoms with Gasteiger partial charge in [0.2, 0.25) is 0 Å². The highest BCUT2D eigenvalue weighted by Gasteiger charge is 2.69. The second-order valence-electron chi connectivity index (χ2n) is 14.3. The molecule has 6 atom stereocenters. The van der Waals surface area contributed by atoms with E-state index >= 15 is 0 Å². The summed E-state index contributed by atoms with van der Waals surface area (Å²) in [4.78, 5) is 0. The van der Waals surface area contributed by atoms with Gasteiger partial charge in [-0.2, -0.15) is 26.3 Å². The largest absolute Gasteiger partial charge is 0.429 e. The highest BCUT2D eigenvalue weighted by Crippen LogP contribution is 2.64. The zero-order valence-electron chi connectivity index (χ0n) is 25.7. The summed E-state index contributed by atoms with van der Waals surface area (Å²) < 4.78 is 80.2. The Hall–Kier alpha value is -1.62. The number of allylic oxidation sites excluding steroid dienone is 4. The van der Waals surface area contributed by atoms with E-state index in [1.165, 1.54) is 5.57 Å². The molecule has 43 heavy (non-hydrogen) atoms. The van der Waals surface area contributed by atoms with Crippen LogP contribution in [0.5, 0.6) is 0 Å². The van der Waals surface area contributed by atoms with E-state index in [9.17, 15) is 46.8 Å². The van der Waals surface area contributed by atoms with Crippen LogP contribution < -0.4 is 0 Å². The number of hydrogen-bond donors (Lipinski definition) is 4. The molecule has 0 bridgehead atoms. The molecule has 0 aromatic heterocycles. The molecule has 0 aromatic carbocycles. The highest BCUT2D eigenvalue weighted by molar-refractivity contribution is 5.38. The number of hydrogen-bond acceptors (Lipinski definition) is 4. The van der Waals surface area contributed by atoms with E-state index in [0.717, 1.165) is 43.8 Å². The third kappa shape index (κ3) is 7.79. The molecule has 0 spiro atoms. The Labute approximate surface area is 251 Å². The lowest BCUT2D eigenvalue weighted by Gasteiger charge is -2.49. The highest BCUT2D eigenvalue weighted by atomic mass is 19.4. The SMILES string of the molecule is C=C1/C(=C\C=C2/CCC[C@@]3(C)C2CC[C@@H]3[C@@](C)(C/C=C\C(O)(C(F)(F)F)C(F)(F)F)CCCC(C)(C)O)CC(O)C[C@@H]1O. The Kier molecular flexibility index (Phi) is 10.5. The molecule has 0 saturated heterocycles. The van der Waals surface area contributed by atoms with Gasteiger partial charge in [0, 0.05) is 6.42 Å². The van der Waals surface area contributed by atoms with Crippen molar-refractivity contribution < 1.29 is 46.8 Å². The molecule has 3 aliphatic rings. The van der Waals surface area contributed by atoms with E-state index in [1.54, 1.807) is 13.8 Å². The van der Waals surface area contributed by atoms with E-state index in [1.807, 2.05) is 19.1 Å². The van der Waals surface area contributed by atoms with Gasteiger partial charge in [0.05, 0.1) is 17.8 Å². The van der Waals surface area contributed by atoms with E-state index < -0.39 is 41.2 Å². The topological polar surface area (TPSA) is 80.9 Å². The predicted molar refractivity (Wildman–Crippen MR) is 154 cm³/mol. The molecule has 0 aliphatic heterocycles. The molecule has 3 rings (SSSR count). The first kappa shape index (κ1) is 35.9. The van der Waals surface area contributed by atoms with Crippen molar-refractivity contribution in [2.45, 2.75) is 134 Å². The van der Waals surface area contributed by atoms with Gasteiger partial charge in [0.15, 0.2) is 0 Å². The van der Waals surface area contributed by atoms with Crippen LogP contribution in [-0.4, -0.2) is 56.2 Å². The van der Waals surface area contributed by atoms with Crippen LogP contribution in [0.2, 0.25) is 0 Å². The van der Waals surface area contributed by atoms with Crippen LogP contribution in [0.4, 0.5) is 26.3 Å². The van der Waals surface area contributed by atoms with Crippen LogP contribution >= 0.6 is 0 Å². The number of aliphatic hydroxyl groups is 4. The molecule has 3 saturated carbocycles. The molecule has 0 radical (unpaired) electrons. The lowest BCUT2D eigenvalue weighted by molar-refractivity contribution is -0.347. The van der Waals surface area contributed by atoms with Crippen LogP contribution in [0.15, 0.2) is 47.6 Å². The normalized spacial score (nSPS) is 32.9. The van der Waals surface area contributed by atoms with Gasteiger partial charge in [0.25, 0.3) is 5.60 Å². The van der Waals surface area contributed by atoms with Crippen molar-refractivity contribution in [3.05, 3.63) is 47.6 Å². The number of alkyl halides is 6. The fraction of sp³-hybridized carbons (Fsp3) is 0.758. The van der Waals surface area contributed by atoms with E-state index in [0.29, 0.717) is 31.3 Å². The van der Waals surface area contributed by atoms with Gasteiger partial charge in [-0.05, 0) is 112 Å². The van der Waals surface area contributed by atoms with Crippen molar-refractivity contribution in [2.24, 2.45) is 22.7 Å². The minimum Gasteiger partial charge on any atom is -0.393 e. The molecule has 246 valence electrons. The minimum absolute atomic E-state index is 0.0223. The van der Waals surface area contributed by atoms with Crippen LogP contribution in [0.1, 0.15) is 98.3 Å². The maximum Gasteiger partial charge on any atom is 0.429 e. The Balaban J connectivity index is 1.93. The summed E-state index contributed by atoms with van der Waals surface area (Å²) >= 11 is 0. The maximum absolute atomic E-state index is 13.4. The average Bonchev–Trinajstić information content (AvgIpc) is 3.21. The average molecular weight is 623 g/mol. The Morgan fingerprint density at radius 2 is 1.58 bits per heavy atom. The summed E-state index contributed by atoms with van der Waals surface area (Å²) in [6, 6.07) is 0. The minimum atomic E-state index is -5.92. The third-order valence-corrected chi connectivity index (χ3v) is 10.4. The fourth-order valence-electron chi connectivity index (χ4n) is 8.04. The monoisotopic (exact) mass is 622 g/mol. The van der Waals surface area contributed by atoms with Crippen molar-refractivity contribution in [1.82, 2.24) is 0 Å². The van der Waals surface area contributed by atoms with Crippen LogP contribution in [-0.2, 0) is 0 Å². The van der Waals surface area contributed by atoms with Crippen molar-refractivity contribution in [3.63, 3.8) is 0 Å². The summed E-state index contributed by atoms with van der Waals surface area (Å²) in [5.74, 6) is 0.139. The molecule has 4 N–H and O–H groups in total. The Morgan fingerprint density at radius 3 is 2.16 bits per heavy atom. The lowest BCUT2D eigenvalue weighted by Crippen LogP contribution is -2.55. The second-order valence-corrected chi connectivity index (χ2v) is 14.3. The number of halogens is 6. The molecule has 3 aliphatic carbocycles. The third-order valence-electron chi connectivity index (χ3n) is 10.4. The fourth-order valence-corrected chi connectivity index (χ4v) is 8.04. The first-order valence-corrected chi connectivity index (χ1v) is 15.2. The summed E-state index contributed by atoms with van der Waals surface area (Å²) in [6.07, 6.45) is -2.44. The maximum atomic E-state index is 13.4. The van der Waals surface area contributed by atoms with Gasteiger partial charge >= 0.3 is 12.4 Å². The quantitative estimate of drug-likeness (QED) is 0.156. The number of rotatable bonds is 9. The molecule has 0 heterocycles. The summed E-state index contributed by atoms with van der Waals surface area (Å²) in [6.45, 7) is 11.4. The van der Waals surface area contributed by atoms with E-state index in [2.05, 4.69) is 13.5 Å². The standard InChI is InChI=1S/C33H48F6O4/c1-21-23(19-24(40)20-26(21)41)11-10-22-9-6-17-30(5)25(22)12-13-27(30)29(4,15-7-14-28(2,3)42)16-8-18-31(43,32(34,35)36)33(37,38)39/h8,10-11,18,24-27,40-43H,1,6-7,9,12-17,19-20H2,2-5H3/b18-8-,22-10+,23-11-/t24?,25?,26-,27+,29+,30-/m0/s1. The van der Waals surface area contributed by atoms with Crippen LogP contribution in [0.25, 0.3) is 0 Å². The summed E-state index contributed by atoms with van der Waals surface area (Å²) in [7, 11) is 0. The van der Waals surface area contributed by atoms with Crippen molar-refractivity contribution >= 4 is 0 Å². The summed E-state index contributed by atoms with van der Waals surface area (Å²) in [5, 5.41) is 40.3. The van der Waals surface area contributed by atoms with E-state index in [4.69, 9.17) is 0 Å². The number of fused-ring (bicyclic) bond motifs is 1. The predicted octanol–water partition coefficient (Wildman–Crippen LogP) is 7.88. The molecule has 10 heteroatoms. The number of aliphatic hydroxyl groups excluding tert-OH is 2. The Morgan fingerprint density at radius 1 is 0.953 bits per heavy atom. The van der Waals surface area contributed by atoms with Gasteiger partial charge in [-0.3, -0.25) is 0 Å². The molecular weight excluding hydrogens is 574 g/mol. The zero-order valence-corrected chi connectivity index (χ0v) is 25.7. The summed E-state index contributed by atoms with van der Waals surface area (Å²) in [5.41, 5.74) is -4.25. The van der Waals surface area contributed by atoms with E-state index in [-0.39, 0.29) is 36.2 Å².